The zero-order valence-corrected chi connectivity index (χ0v) is 18.0. The summed E-state index contributed by atoms with van der Waals surface area (Å²) >= 11 is 0. The summed E-state index contributed by atoms with van der Waals surface area (Å²) in [5.41, 5.74) is 0.774. The summed E-state index contributed by atoms with van der Waals surface area (Å²) in [5.74, 6) is -0.803. The molecule has 0 spiro atoms. The number of rotatable bonds is 11. The zero-order valence-electron chi connectivity index (χ0n) is 18.0. The maximum atomic E-state index is 12.9. The lowest BCUT2D eigenvalue weighted by atomic mass is 9.83. The van der Waals surface area contributed by atoms with E-state index in [9.17, 15) is 14.4 Å². The number of piperidine rings is 1. The zero-order chi connectivity index (χ0) is 21.9. The summed E-state index contributed by atoms with van der Waals surface area (Å²) < 4.78 is 15.7. The number of ether oxygens (including phenoxy) is 3. The number of para-hydroxylation sites is 1. The van der Waals surface area contributed by atoms with Crippen molar-refractivity contribution in [1.82, 2.24) is 10.2 Å². The third kappa shape index (κ3) is 6.19. The second-order valence-electron chi connectivity index (χ2n) is 7.22. The molecule has 0 aromatic heterocycles. The number of carbonyl (C=O) groups is 3. The molecular formula is C22H32N2O6. The van der Waals surface area contributed by atoms with Crippen LogP contribution in [0.1, 0.15) is 44.2 Å². The fourth-order valence-corrected chi connectivity index (χ4v) is 3.67. The third-order valence-electron chi connectivity index (χ3n) is 5.19. The first kappa shape index (κ1) is 23.7. The molecule has 8 heteroatoms. The van der Waals surface area contributed by atoms with Gasteiger partial charge in [-0.15, -0.1) is 0 Å². The van der Waals surface area contributed by atoms with Crippen molar-refractivity contribution < 1.29 is 28.6 Å². The number of methoxy groups -OCH3 is 2. The largest absolute Gasteiger partial charge is 0.496 e. The van der Waals surface area contributed by atoms with Gasteiger partial charge in [-0.3, -0.25) is 14.4 Å². The summed E-state index contributed by atoms with van der Waals surface area (Å²) in [6.45, 7) is 2.98. The molecule has 1 heterocycles. The summed E-state index contributed by atoms with van der Waals surface area (Å²) in [6.07, 6.45) is 2.41. The van der Waals surface area contributed by atoms with E-state index in [-0.39, 0.29) is 24.8 Å². The van der Waals surface area contributed by atoms with Crippen LogP contribution in [0.25, 0.3) is 0 Å². The molecule has 1 saturated heterocycles. The van der Waals surface area contributed by atoms with E-state index >= 15 is 0 Å². The number of esters is 1. The summed E-state index contributed by atoms with van der Waals surface area (Å²) in [7, 11) is 3.11. The molecule has 0 radical (unpaired) electrons. The summed E-state index contributed by atoms with van der Waals surface area (Å²) in [6, 6.07) is 6.91. The van der Waals surface area contributed by atoms with E-state index in [0.29, 0.717) is 31.9 Å². The highest BCUT2D eigenvalue weighted by molar-refractivity contribution is 5.84. The lowest BCUT2D eigenvalue weighted by molar-refractivity contribution is -0.160. The van der Waals surface area contributed by atoms with Crippen molar-refractivity contribution in [3.8, 4) is 5.75 Å². The number of hydrogen-bond donors (Lipinski definition) is 1. The van der Waals surface area contributed by atoms with E-state index in [0.717, 1.165) is 18.4 Å². The molecule has 30 heavy (non-hydrogen) atoms. The van der Waals surface area contributed by atoms with Crippen LogP contribution in [0.15, 0.2) is 24.3 Å². The average Bonchev–Trinajstić information content (AvgIpc) is 2.76. The Labute approximate surface area is 177 Å². The molecule has 1 N–H and O–H groups in total. The van der Waals surface area contributed by atoms with Crippen molar-refractivity contribution in [2.75, 3.05) is 40.5 Å². The standard InChI is InChI=1S/C22H32N2O6/c1-4-5-13-24-20(26)11-10-17(21(24)16-8-6-7-9-18(16)29-3)22(27)30-15-19(25)23-12-14-28-2/h6-9,17,21H,4-5,10-15H2,1-3H3,(H,23,25)/t17-,21-/m0/s1. The quantitative estimate of drug-likeness (QED) is 0.435. The Morgan fingerprint density at radius 2 is 2.00 bits per heavy atom. The maximum absolute atomic E-state index is 12.9. The van der Waals surface area contributed by atoms with Gasteiger partial charge in [0.05, 0.1) is 25.7 Å². The van der Waals surface area contributed by atoms with E-state index in [2.05, 4.69) is 12.2 Å². The van der Waals surface area contributed by atoms with Crippen LogP contribution in [-0.2, 0) is 23.9 Å². The monoisotopic (exact) mass is 420 g/mol. The number of likely N-dealkylation sites (tertiary alicyclic amines) is 1. The predicted octanol–water partition coefficient (Wildman–Crippen LogP) is 2.08. The average molecular weight is 421 g/mol. The second kappa shape index (κ2) is 12.2. The van der Waals surface area contributed by atoms with Crippen LogP contribution < -0.4 is 10.1 Å². The minimum atomic E-state index is -0.567. The topological polar surface area (TPSA) is 94.2 Å². The molecule has 0 bridgehead atoms. The molecule has 8 nitrogen and oxygen atoms in total. The van der Waals surface area contributed by atoms with Crippen molar-refractivity contribution in [1.29, 1.82) is 0 Å². The Bertz CT molecular complexity index is 723. The van der Waals surface area contributed by atoms with E-state index in [1.54, 1.807) is 19.1 Å². The van der Waals surface area contributed by atoms with Gasteiger partial charge >= 0.3 is 5.97 Å². The molecule has 1 aromatic carbocycles. The highest BCUT2D eigenvalue weighted by Crippen LogP contribution is 2.41. The van der Waals surface area contributed by atoms with Crippen LogP contribution in [0, 0.1) is 5.92 Å². The van der Waals surface area contributed by atoms with Gasteiger partial charge in [0.2, 0.25) is 5.91 Å². The predicted molar refractivity (Wildman–Crippen MR) is 111 cm³/mol. The SMILES string of the molecule is CCCCN1C(=O)CC[C@H](C(=O)OCC(=O)NCCOC)[C@@H]1c1ccccc1OC. The Balaban J connectivity index is 2.21. The van der Waals surface area contributed by atoms with E-state index in [4.69, 9.17) is 14.2 Å². The van der Waals surface area contributed by atoms with Gasteiger partial charge in [0, 0.05) is 32.2 Å². The second-order valence-corrected chi connectivity index (χ2v) is 7.22. The first-order chi connectivity index (χ1) is 14.5. The van der Waals surface area contributed by atoms with Gasteiger partial charge in [-0.05, 0) is 18.9 Å². The van der Waals surface area contributed by atoms with Crippen LogP contribution >= 0.6 is 0 Å². The Hall–Kier alpha value is -2.61. The number of unbranched alkanes of at least 4 members (excludes halogenated alkanes) is 1. The first-order valence-corrected chi connectivity index (χ1v) is 10.4. The molecule has 2 rings (SSSR count). The number of benzene rings is 1. The number of nitrogens with one attached hydrogen (secondary N) is 1. The van der Waals surface area contributed by atoms with Crippen LogP contribution in [-0.4, -0.2) is 63.2 Å². The van der Waals surface area contributed by atoms with Crippen LogP contribution in [0.5, 0.6) is 5.75 Å². The molecule has 2 atom stereocenters. The Morgan fingerprint density at radius 3 is 2.70 bits per heavy atom. The van der Waals surface area contributed by atoms with Crippen LogP contribution in [0.4, 0.5) is 0 Å². The van der Waals surface area contributed by atoms with Crippen molar-refractivity contribution >= 4 is 17.8 Å². The summed E-state index contributed by atoms with van der Waals surface area (Å²) in [5, 5.41) is 2.62. The molecule has 1 fully saturated rings. The van der Waals surface area contributed by atoms with Gasteiger partial charge < -0.3 is 24.4 Å². The van der Waals surface area contributed by atoms with Crippen molar-refractivity contribution in [2.45, 2.75) is 38.6 Å². The Morgan fingerprint density at radius 1 is 1.23 bits per heavy atom. The number of hydrogen-bond acceptors (Lipinski definition) is 6. The molecule has 0 unspecified atom stereocenters. The smallest absolute Gasteiger partial charge is 0.311 e. The van der Waals surface area contributed by atoms with Gasteiger partial charge in [-0.2, -0.15) is 0 Å². The van der Waals surface area contributed by atoms with E-state index in [1.165, 1.54) is 0 Å². The highest BCUT2D eigenvalue weighted by Gasteiger charge is 2.42. The van der Waals surface area contributed by atoms with Gasteiger partial charge in [-0.1, -0.05) is 31.5 Å². The molecule has 0 saturated carbocycles. The van der Waals surface area contributed by atoms with E-state index < -0.39 is 17.9 Å². The molecule has 1 aromatic rings. The molecule has 166 valence electrons. The molecule has 0 aliphatic carbocycles. The van der Waals surface area contributed by atoms with Crippen molar-refractivity contribution in [2.24, 2.45) is 5.92 Å². The normalized spacial score (nSPS) is 18.8. The minimum Gasteiger partial charge on any atom is -0.496 e. The lowest BCUT2D eigenvalue weighted by Crippen LogP contribution is -2.46. The van der Waals surface area contributed by atoms with Gasteiger partial charge in [-0.25, -0.2) is 0 Å². The minimum absolute atomic E-state index is 0.0146. The van der Waals surface area contributed by atoms with Gasteiger partial charge in [0.1, 0.15) is 5.75 Å². The number of amides is 2. The van der Waals surface area contributed by atoms with Crippen molar-refractivity contribution in [3.05, 3.63) is 29.8 Å². The first-order valence-electron chi connectivity index (χ1n) is 10.4. The highest BCUT2D eigenvalue weighted by atomic mass is 16.5. The molecule has 1 aliphatic rings. The summed E-state index contributed by atoms with van der Waals surface area (Å²) in [4.78, 5) is 39.3. The number of nitrogens with zero attached hydrogens (tertiary/aromatic N) is 1. The fraction of sp³-hybridized carbons (Fsp3) is 0.591. The van der Waals surface area contributed by atoms with Crippen LogP contribution in [0.2, 0.25) is 0 Å². The molecule has 1 aliphatic heterocycles. The third-order valence-corrected chi connectivity index (χ3v) is 5.19. The Kier molecular flexibility index (Phi) is 9.60. The fourth-order valence-electron chi connectivity index (χ4n) is 3.67. The maximum Gasteiger partial charge on any atom is 0.311 e. The van der Waals surface area contributed by atoms with Crippen LogP contribution in [0.3, 0.4) is 0 Å². The van der Waals surface area contributed by atoms with Crippen molar-refractivity contribution in [3.63, 3.8) is 0 Å². The van der Waals surface area contributed by atoms with E-state index in [1.807, 2.05) is 24.3 Å². The lowest BCUT2D eigenvalue weighted by Gasteiger charge is -2.40. The number of carbonyl (C=O) groups excluding carboxylic acids is 3. The molecular weight excluding hydrogens is 388 g/mol. The van der Waals surface area contributed by atoms with Gasteiger partial charge in [0.25, 0.3) is 5.91 Å². The molecule has 2 amide bonds. The van der Waals surface area contributed by atoms with Gasteiger partial charge in [0.15, 0.2) is 6.61 Å².